The first kappa shape index (κ1) is 32.0. The van der Waals surface area contributed by atoms with Gasteiger partial charge in [0.2, 0.25) is 5.91 Å². The van der Waals surface area contributed by atoms with E-state index in [4.69, 9.17) is 5.73 Å². The molecule has 3 rings (SSSR count). The number of alkyl halides is 7. The van der Waals surface area contributed by atoms with Crippen LogP contribution in [0.25, 0.3) is 11.1 Å². The Balaban J connectivity index is 2.06. The van der Waals surface area contributed by atoms with Crippen molar-refractivity contribution in [2.45, 2.75) is 31.9 Å². The third-order valence-corrected chi connectivity index (χ3v) is 6.42. The number of hydrogen-bond acceptors (Lipinski definition) is 3. The molecule has 14 heteroatoms. The van der Waals surface area contributed by atoms with Gasteiger partial charge in [-0.25, -0.2) is 8.78 Å². The standard InChI is InChI=1S/C28H23F8N3O3/c1-14-11-16(26(30,27(31,32)33)28(34,35)36)12-15(2)23(14)39(3)25(42)20-10-6-9-18(22(20)29)17-7-4-5-8-19(17)24(41)38-13-21(37)40/h4-12H,13H2,1-3H3,(H2,37,40)(H,38,41). The molecule has 0 aliphatic carbocycles. The maximum absolute atomic E-state index is 15.8. The molecule has 0 aromatic heterocycles. The zero-order valence-electron chi connectivity index (χ0n) is 22.2. The summed E-state index contributed by atoms with van der Waals surface area (Å²) in [4.78, 5) is 37.8. The van der Waals surface area contributed by atoms with E-state index < -0.39 is 59.2 Å². The molecule has 0 fully saturated rings. The van der Waals surface area contributed by atoms with Crippen molar-refractivity contribution in [3.63, 3.8) is 0 Å². The molecule has 0 radical (unpaired) electrons. The van der Waals surface area contributed by atoms with E-state index in [9.17, 15) is 45.1 Å². The minimum absolute atomic E-state index is 0.0459. The van der Waals surface area contributed by atoms with Crippen molar-refractivity contribution in [1.82, 2.24) is 5.32 Å². The molecule has 0 spiro atoms. The van der Waals surface area contributed by atoms with Crippen molar-refractivity contribution in [2.75, 3.05) is 18.5 Å². The lowest BCUT2D eigenvalue weighted by Crippen LogP contribution is -2.50. The van der Waals surface area contributed by atoms with Crippen molar-refractivity contribution >= 4 is 23.4 Å². The van der Waals surface area contributed by atoms with Crippen LogP contribution in [-0.2, 0) is 10.5 Å². The highest BCUT2D eigenvalue weighted by atomic mass is 19.4. The largest absolute Gasteiger partial charge is 0.435 e. The van der Waals surface area contributed by atoms with Crippen LogP contribution >= 0.6 is 0 Å². The van der Waals surface area contributed by atoms with Gasteiger partial charge in [-0.3, -0.25) is 14.4 Å². The summed E-state index contributed by atoms with van der Waals surface area (Å²) < 4.78 is 110. The Morgan fingerprint density at radius 1 is 0.810 bits per heavy atom. The Morgan fingerprint density at radius 2 is 1.31 bits per heavy atom. The highest BCUT2D eigenvalue weighted by Gasteiger charge is 2.73. The normalized spacial score (nSPS) is 12.2. The van der Waals surface area contributed by atoms with Gasteiger partial charge in [0.1, 0.15) is 5.82 Å². The van der Waals surface area contributed by atoms with Gasteiger partial charge in [0.05, 0.1) is 12.1 Å². The van der Waals surface area contributed by atoms with E-state index in [1.54, 1.807) is 0 Å². The van der Waals surface area contributed by atoms with E-state index in [1.165, 1.54) is 36.4 Å². The maximum atomic E-state index is 15.8. The first-order valence-electron chi connectivity index (χ1n) is 12.0. The van der Waals surface area contributed by atoms with Crippen LogP contribution in [0.1, 0.15) is 37.4 Å². The van der Waals surface area contributed by atoms with Crippen LogP contribution in [0.5, 0.6) is 0 Å². The molecule has 3 N–H and O–H groups in total. The van der Waals surface area contributed by atoms with Crippen LogP contribution in [-0.4, -0.2) is 43.7 Å². The predicted octanol–water partition coefficient (Wildman–Crippen LogP) is 5.89. The molecule has 3 aromatic carbocycles. The van der Waals surface area contributed by atoms with Crippen LogP contribution in [0.4, 0.5) is 40.8 Å². The van der Waals surface area contributed by atoms with Gasteiger partial charge < -0.3 is 16.0 Å². The summed E-state index contributed by atoms with van der Waals surface area (Å²) in [6.07, 6.45) is -12.7. The molecule has 42 heavy (non-hydrogen) atoms. The van der Waals surface area contributed by atoms with Gasteiger partial charge in [-0.1, -0.05) is 42.5 Å². The van der Waals surface area contributed by atoms with Gasteiger partial charge in [0.25, 0.3) is 11.8 Å². The molecule has 0 bridgehead atoms. The maximum Gasteiger partial charge on any atom is 0.435 e. The summed E-state index contributed by atoms with van der Waals surface area (Å²) in [5.41, 5.74) is -3.91. The lowest BCUT2D eigenvalue weighted by Gasteiger charge is -2.32. The smallest absolute Gasteiger partial charge is 0.368 e. The first-order valence-corrected chi connectivity index (χ1v) is 12.0. The minimum atomic E-state index is -6.33. The topological polar surface area (TPSA) is 92.5 Å². The van der Waals surface area contributed by atoms with Crippen molar-refractivity contribution in [1.29, 1.82) is 0 Å². The number of aryl methyl sites for hydroxylation is 2. The van der Waals surface area contributed by atoms with E-state index in [2.05, 4.69) is 5.32 Å². The molecule has 6 nitrogen and oxygen atoms in total. The number of hydrogen-bond donors (Lipinski definition) is 2. The van der Waals surface area contributed by atoms with Crippen LogP contribution in [0.15, 0.2) is 54.6 Å². The van der Waals surface area contributed by atoms with Crippen molar-refractivity contribution in [2.24, 2.45) is 5.73 Å². The van der Waals surface area contributed by atoms with E-state index in [0.717, 1.165) is 31.9 Å². The molecule has 0 saturated heterocycles. The summed E-state index contributed by atoms with van der Waals surface area (Å²) in [5, 5.41) is 2.27. The average molecular weight is 601 g/mol. The van der Waals surface area contributed by atoms with Crippen LogP contribution < -0.4 is 16.0 Å². The van der Waals surface area contributed by atoms with E-state index in [0.29, 0.717) is 12.1 Å². The van der Waals surface area contributed by atoms with E-state index in [1.807, 2.05) is 0 Å². The Morgan fingerprint density at radius 3 is 1.83 bits per heavy atom. The number of halogens is 8. The van der Waals surface area contributed by atoms with Gasteiger partial charge in [0, 0.05) is 29.4 Å². The molecule has 3 amide bonds. The van der Waals surface area contributed by atoms with Crippen LogP contribution in [0, 0.1) is 19.7 Å². The molecule has 0 aliphatic heterocycles. The monoisotopic (exact) mass is 601 g/mol. The molecular formula is C28H23F8N3O3. The van der Waals surface area contributed by atoms with E-state index >= 15 is 4.39 Å². The SMILES string of the molecule is Cc1cc(C(F)(C(F)(F)F)C(F)(F)F)cc(C)c1N(C)C(=O)c1cccc(-c2ccccc2C(=O)NCC(N)=O)c1F. The molecule has 0 unspecified atom stereocenters. The number of primary amides is 1. The zero-order valence-corrected chi connectivity index (χ0v) is 22.2. The summed E-state index contributed by atoms with van der Waals surface area (Å²) in [6, 6.07) is 10.0. The fraction of sp³-hybridized carbons (Fsp3) is 0.250. The van der Waals surface area contributed by atoms with Gasteiger partial charge in [0.15, 0.2) is 0 Å². The van der Waals surface area contributed by atoms with Gasteiger partial charge in [-0.05, 0) is 42.7 Å². The second kappa shape index (κ2) is 11.4. The first-order chi connectivity index (χ1) is 19.3. The van der Waals surface area contributed by atoms with E-state index in [-0.39, 0.29) is 33.5 Å². The number of carbonyl (C=O) groups is 3. The average Bonchev–Trinajstić information content (AvgIpc) is 2.89. The Hall–Kier alpha value is -4.49. The number of benzene rings is 3. The predicted molar refractivity (Wildman–Crippen MR) is 137 cm³/mol. The minimum Gasteiger partial charge on any atom is -0.368 e. The lowest BCUT2D eigenvalue weighted by atomic mass is 9.90. The highest BCUT2D eigenvalue weighted by molar-refractivity contribution is 6.08. The quantitative estimate of drug-likeness (QED) is 0.331. The lowest BCUT2D eigenvalue weighted by molar-refractivity contribution is -0.348. The number of nitrogens with zero attached hydrogens (tertiary/aromatic N) is 1. The Labute approximate surface area is 234 Å². The van der Waals surface area contributed by atoms with Gasteiger partial charge >= 0.3 is 18.0 Å². The fourth-order valence-corrected chi connectivity index (χ4v) is 4.54. The number of anilines is 1. The fourth-order valence-electron chi connectivity index (χ4n) is 4.54. The molecular weight excluding hydrogens is 578 g/mol. The molecule has 3 aromatic rings. The van der Waals surface area contributed by atoms with Crippen molar-refractivity contribution in [3.05, 3.63) is 88.2 Å². The second-order valence-electron chi connectivity index (χ2n) is 9.34. The molecule has 0 heterocycles. The highest BCUT2D eigenvalue weighted by Crippen LogP contribution is 2.54. The zero-order chi connectivity index (χ0) is 31.8. The number of carbonyl (C=O) groups excluding carboxylic acids is 3. The van der Waals surface area contributed by atoms with Crippen molar-refractivity contribution in [3.8, 4) is 11.1 Å². The number of nitrogens with one attached hydrogen (secondary N) is 1. The third kappa shape index (κ3) is 5.78. The summed E-state index contributed by atoms with van der Waals surface area (Å²) in [5.74, 6) is -3.71. The number of amides is 3. The van der Waals surface area contributed by atoms with Crippen molar-refractivity contribution < 1.29 is 49.5 Å². The number of rotatable bonds is 7. The summed E-state index contributed by atoms with van der Waals surface area (Å²) in [6.45, 7) is 1.67. The van der Waals surface area contributed by atoms with Crippen LogP contribution in [0.3, 0.4) is 0 Å². The molecule has 0 aliphatic rings. The molecule has 0 saturated carbocycles. The van der Waals surface area contributed by atoms with Crippen LogP contribution in [0.2, 0.25) is 0 Å². The second-order valence-corrected chi connectivity index (χ2v) is 9.34. The molecule has 0 atom stereocenters. The number of nitrogens with two attached hydrogens (primary N) is 1. The summed E-state index contributed by atoms with van der Waals surface area (Å²) in [7, 11) is 1.12. The van der Waals surface area contributed by atoms with Gasteiger partial charge in [-0.2, -0.15) is 26.3 Å². The Kier molecular flexibility index (Phi) is 8.70. The summed E-state index contributed by atoms with van der Waals surface area (Å²) >= 11 is 0. The third-order valence-electron chi connectivity index (χ3n) is 6.42. The van der Waals surface area contributed by atoms with Gasteiger partial charge in [-0.15, -0.1) is 0 Å². The Bertz CT molecular complexity index is 1510. The molecule has 224 valence electrons.